The molecule has 1 aliphatic rings. The summed E-state index contributed by atoms with van der Waals surface area (Å²) in [6, 6.07) is 11.9. The Morgan fingerprint density at radius 1 is 0.964 bits per heavy atom. The molecule has 0 aliphatic carbocycles. The summed E-state index contributed by atoms with van der Waals surface area (Å²) in [5, 5.41) is 1.05. The van der Waals surface area contributed by atoms with E-state index in [0.29, 0.717) is 5.58 Å². The van der Waals surface area contributed by atoms with Crippen molar-refractivity contribution in [2.24, 2.45) is 0 Å². The number of hydrogen-bond acceptors (Lipinski definition) is 5. The molecular formula is C23H27N3O2. The van der Waals surface area contributed by atoms with Crippen molar-refractivity contribution in [1.29, 1.82) is 0 Å². The predicted molar refractivity (Wildman–Crippen MR) is 111 cm³/mol. The molecule has 5 heteroatoms. The number of nitrogens with zero attached hydrogens (tertiary/aromatic N) is 3. The molecule has 3 heterocycles. The second-order valence-corrected chi connectivity index (χ2v) is 7.75. The molecule has 0 saturated carbocycles. The van der Waals surface area contributed by atoms with Gasteiger partial charge in [-0.2, -0.15) is 0 Å². The van der Waals surface area contributed by atoms with Crippen molar-refractivity contribution in [2.75, 3.05) is 26.2 Å². The lowest BCUT2D eigenvalue weighted by Crippen LogP contribution is -2.30. The van der Waals surface area contributed by atoms with Crippen LogP contribution in [0.1, 0.15) is 28.8 Å². The fourth-order valence-electron chi connectivity index (χ4n) is 3.92. The first kappa shape index (κ1) is 18.8. The van der Waals surface area contributed by atoms with Gasteiger partial charge >= 0.3 is 5.63 Å². The summed E-state index contributed by atoms with van der Waals surface area (Å²) in [5.74, 6) is 0. The number of fused-ring (bicyclic) bond motifs is 1. The van der Waals surface area contributed by atoms with Gasteiger partial charge in [0.1, 0.15) is 5.58 Å². The zero-order valence-electron chi connectivity index (χ0n) is 16.6. The smallest absolute Gasteiger partial charge is 0.336 e. The van der Waals surface area contributed by atoms with Gasteiger partial charge in [-0.15, -0.1) is 0 Å². The van der Waals surface area contributed by atoms with Crippen molar-refractivity contribution in [3.63, 3.8) is 0 Å². The highest BCUT2D eigenvalue weighted by Gasteiger charge is 2.17. The zero-order chi connectivity index (χ0) is 19.5. The van der Waals surface area contributed by atoms with E-state index in [4.69, 9.17) is 4.42 Å². The van der Waals surface area contributed by atoms with E-state index in [0.717, 1.165) is 67.9 Å². The van der Waals surface area contributed by atoms with Crippen LogP contribution < -0.4 is 5.63 Å². The van der Waals surface area contributed by atoms with Gasteiger partial charge in [0, 0.05) is 43.8 Å². The van der Waals surface area contributed by atoms with E-state index >= 15 is 0 Å². The molecule has 146 valence electrons. The van der Waals surface area contributed by atoms with Gasteiger partial charge in [-0.1, -0.05) is 6.07 Å². The molecule has 0 atom stereocenters. The van der Waals surface area contributed by atoms with Gasteiger partial charge < -0.3 is 4.42 Å². The van der Waals surface area contributed by atoms with Crippen LogP contribution in [0.3, 0.4) is 0 Å². The maximum Gasteiger partial charge on any atom is 0.336 e. The highest BCUT2D eigenvalue weighted by molar-refractivity contribution is 5.81. The molecule has 3 aromatic rings. The molecule has 0 unspecified atom stereocenters. The number of pyridine rings is 1. The topological polar surface area (TPSA) is 49.6 Å². The summed E-state index contributed by atoms with van der Waals surface area (Å²) in [5.41, 5.74) is 4.98. The van der Waals surface area contributed by atoms with E-state index in [1.165, 1.54) is 5.56 Å². The van der Waals surface area contributed by atoms with Gasteiger partial charge in [0.05, 0.1) is 5.69 Å². The normalized spacial score (nSPS) is 16.4. The van der Waals surface area contributed by atoms with Crippen LogP contribution in [0.2, 0.25) is 0 Å². The average molecular weight is 377 g/mol. The molecule has 1 fully saturated rings. The van der Waals surface area contributed by atoms with Crippen LogP contribution in [-0.2, 0) is 13.1 Å². The second-order valence-electron chi connectivity index (χ2n) is 7.75. The molecule has 1 aliphatic heterocycles. The first-order valence-corrected chi connectivity index (χ1v) is 9.97. The van der Waals surface area contributed by atoms with Gasteiger partial charge in [0.15, 0.2) is 0 Å². The fraction of sp³-hybridized carbons (Fsp3) is 0.391. The molecule has 0 N–H and O–H groups in total. The van der Waals surface area contributed by atoms with Gasteiger partial charge in [-0.3, -0.25) is 14.8 Å². The molecule has 0 radical (unpaired) electrons. The molecular weight excluding hydrogens is 350 g/mol. The molecule has 1 aromatic carbocycles. The molecule has 0 spiro atoms. The van der Waals surface area contributed by atoms with Crippen LogP contribution in [0.15, 0.2) is 51.8 Å². The summed E-state index contributed by atoms with van der Waals surface area (Å²) in [6.45, 7) is 9.92. The number of benzene rings is 1. The Hall–Kier alpha value is -2.50. The fourth-order valence-corrected chi connectivity index (χ4v) is 3.92. The molecule has 28 heavy (non-hydrogen) atoms. The van der Waals surface area contributed by atoms with Gasteiger partial charge in [0.2, 0.25) is 0 Å². The van der Waals surface area contributed by atoms with Crippen LogP contribution >= 0.6 is 0 Å². The van der Waals surface area contributed by atoms with Gasteiger partial charge in [0.25, 0.3) is 0 Å². The van der Waals surface area contributed by atoms with E-state index in [-0.39, 0.29) is 5.63 Å². The largest absolute Gasteiger partial charge is 0.423 e. The minimum absolute atomic E-state index is 0.266. The Balaban J connectivity index is 1.49. The van der Waals surface area contributed by atoms with E-state index in [1.54, 1.807) is 6.07 Å². The van der Waals surface area contributed by atoms with Crippen molar-refractivity contribution in [1.82, 2.24) is 14.8 Å². The molecule has 0 bridgehead atoms. The maximum absolute atomic E-state index is 12.1. The van der Waals surface area contributed by atoms with Gasteiger partial charge in [-0.25, -0.2) is 4.79 Å². The van der Waals surface area contributed by atoms with Crippen molar-refractivity contribution in [3.8, 4) is 0 Å². The lowest BCUT2D eigenvalue weighted by atomic mass is 10.0. The van der Waals surface area contributed by atoms with Crippen LogP contribution in [0.5, 0.6) is 0 Å². The van der Waals surface area contributed by atoms with Crippen LogP contribution in [-0.4, -0.2) is 41.0 Å². The summed E-state index contributed by atoms with van der Waals surface area (Å²) in [4.78, 5) is 21.4. The first-order valence-electron chi connectivity index (χ1n) is 9.97. The predicted octanol–water partition coefficient (Wildman–Crippen LogP) is 3.51. The highest BCUT2D eigenvalue weighted by Crippen LogP contribution is 2.23. The van der Waals surface area contributed by atoms with Crippen molar-refractivity contribution >= 4 is 11.0 Å². The third-order valence-corrected chi connectivity index (χ3v) is 5.63. The Morgan fingerprint density at radius 3 is 2.46 bits per heavy atom. The number of rotatable bonds is 4. The van der Waals surface area contributed by atoms with E-state index in [2.05, 4.69) is 33.8 Å². The monoisotopic (exact) mass is 377 g/mol. The summed E-state index contributed by atoms with van der Waals surface area (Å²) >= 11 is 0. The van der Waals surface area contributed by atoms with Crippen molar-refractivity contribution in [3.05, 3.63) is 75.4 Å². The number of aromatic nitrogens is 1. The Morgan fingerprint density at radius 2 is 1.71 bits per heavy atom. The second kappa shape index (κ2) is 8.25. The number of aryl methyl sites for hydroxylation is 2. The molecule has 4 rings (SSSR count). The molecule has 1 saturated heterocycles. The quantitative estimate of drug-likeness (QED) is 0.651. The lowest BCUT2D eigenvalue weighted by Gasteiger charge is -2.22. The standard InChI is InChI=1S/C23H27N3O2/c1-17-12-21-19(14-23(27)28-22(21)13-18(17)2)15-25-8-5-9-26(11-10-25)16-20-6-3-4-7-24-20/h3-4,6-7,12-14H,5,8-11,15-16H2,1-2H3. The summed E-state index contributed by atoms with van der Waals surface area (Å²) in [7, 11) is 0. The zero-order valence-corrected chi connectivity index (χ0v) is 16.6. The first-order chi connectivity index (χ1) is 13.6. The third-order valence-electron chi connectivity index (χ3n) is 5.63. The third kappa shape index (κ3) is 4.32. The Bertz CT molecular complexity index is 1010. The van der Waals surface area contributed by atoms with Crippen LogP contribution in [0, 0.1) is 13.8 Å². The van der Waals surface area contributed by atoms with Gasteiger partial charge in [-0.05, 0) is 74.3 Å². The SMILES string of the molecule is Cc1cc2oc(=O)cc(CN3CCCN(Cc4ccccn4)CC3)c2cc1C. The summed E-state index contributed by atoms with van der Waals surface area (Å²) in [6.07, 6.45) is 2.97. The molecule has 5 nitrogen and oxygen atoms in total. The van der Waals surface area contributed by atoms with Crippen LogP contribution in [0.4, 0.5) is 0 Å². The molecule has 0 amide bonds. The Kier molecular flexibility index (Phi) is 5.55. The lowest BCUT2D eigenvalue weighted by molar-refractivity contribution is 0.246. The van der Waals surface area contributed by atoms with Crippen LogP contribution in [0.25, 0.3) is 11.0 Å². The van der Waals surface area contributed by atoms with E-state index in [1.807, 2.05) is 31.3 Å². The molecule has 2 aromatic heterocycles. The van der Waals surface area contributed by atoms with E-state index < -0.39 is 0 Å². The number of hydrogen-bond donors (Lipinski definition) is 0. The minimum atomic E-state index is -0.266. The minimum Gasteiger partial charge on any atom is -0.423 e. The maximum atomic E-state index is 12.1. The van der Waals surface area contributed by atoms with Crippen molar-refractivity contribution < 1.29 is 4.42 Å². The summed E-state index contributed by atoms with van der Waals surface area (Å²) < 4.78 is 5.45. The average Bonchev–Trinajstić information content (AvgIpc) is 2.89. The van der Waals surface area contributed by atoms with Crippen molar-refractivity contribution in [2.45, 2.75) is 33.4 Å². The van der Waals surface area contributed by atoms with E-state index in [9.17, 15) is 4.79 Å². The Labute approximate surface area is 165 Å². The highest BCUT2D eigenvalue weighted by atomic mass is 16.4.